The number of hydrogen-bond donors (Lipinski definition) is 3. The molecule has 0 spiro atoms. The molecule has 1 saturated heterocycles. The van der Waals surface area contributed by atoms with Gasteiger partial charge >= 0.3 is 0 Å². The van der Waals surface area contributed by atoms with Gasteiger partial charge in [0.1, 0.15) is 17.2 Å². The third kappa shape index (κ3) is 4.88. The highest BCUT2D eigenvalue weighted by Crippen LogP contribution is 2.43. The van der Waals surface area contributed by atoms with Crippen LogP contribution in [-0.2, 0) is 13.0 Å². The summed E-state index contributed by atoms with van der Waals surface area (Å²) in [4.78, 5) is 36.1. The van der Waals surface area contributed by atoms with E-state index in [0.29, 0.717) is 17.5 Å². The van der Waals surface area contributed by atoms with E-state index >= 15 is 0 Å². The molecule has 2 aromatic heterocycles. The predicted octanol–water partition coefficient (Wildman–Crippen LogP) is 3.95. The number of ether oxygens (including phenoxy) is 1. The molecule has 0 unspecified atom stereocenters. The zero-order valence-electron chi connectivity index (χ0n) is 22.6. The first-order valence-corrected chi connectivity index (χ1v) is 13.5. The summed E-state index contributed by atoms with van der Waals surface area (Å²) in [5.74, 6) is 1.51. The summed E-state index contributed by atoms with van der Waals surface area (Å²) in [7, 11) is 0. The van der Waals surface area contributed by atoms with E-state index in [0.717, 1.165) is 70.9 Å². The number of anilines is 1. The Hall–Kier alpha value is -4.17. The lowest BCUT2D eigenvalue weighted by molar-refractivity contribution is 0.0951. The maximum atomic E-state index is 13.4. The van der Waals surface area contributed by atoms with E-state index in [9.17, 15) is 9.59 Å². The second-order valence-corrected chi connectivity index (χ2v) is 11.0. The van der Waals surface area contributed by atoms with Gasteiger partial charge in [0.2, 0.25) is 0 Å². The van der Waals surface area contributed by atoms with Crippen LogP contribution >= 0.6 is 0 Å². The van der Waals surface area contributed by atoms with Crippen LogP contribution in [0, 0.1) is 6.92 Å². The molecule has 1 amide bonds. The fraction of sp³-hybridized carbons (Fsp3) is 0.323. The number of fused-ring (bicyclic) bond motifs is 2. The van der Waals surface area contributed by atoms with Gasteiger partial charge in [-0.05, 0) is 56.0 Å². The van der Waals surface area contributed by atoms with Crippen LogP contribution in [0.3, 0.4) is 0 Å². The van der Waals surface area contributed by atoms with Gasteiger partial charge < -0.3 is 25.3 Å². The molecule has 1 fully saturated rings. The minimum Gasteiger partial charge on any atom is -0.487 e. The number of benzene rings is 2. The summed E-state index contributed by atoms with van der Waals surface area (Å²) in [5.41, 5.74) is 4.08. The Morgan fingerprint density at radius 2 is 1.87 bits per heavy atom. The Morgan fingerprint density at radius 1 is 1.10 bits per heavy atom. The average molecular weight is 524 g/mol. The molecule has 200 valence electrons. The summed E-state index contributed by atoms with van der Waals surface area (Å²) in [6.45, 7) is 9.86. The summed E-state index contributed by atoms with van der Waals surface area (Å²) in [6, 6.07) is 15.6. The van der Waals surface area contributed by atoms with Crippen LogP contribution in [0.5, 0.6) is 5.75 Å². The van der Waals surface area contributed by atoms with Gasteiger partial charge in [0.05, 0.1) is 0 Å². The smallest absolute Gasteiger partial charge is 0.253 e. The molecular formula is C31H33N5O3. The zero-order chi connectivity index (χ0) is 27.1. The van der Waals surface area contributed by atoms with Crippen LogP contribution < -0.4 is 25.8 Å². The van der Waals surface area contributed by atoms with Gasteiger partial charge in [0.15, 0.2) is 0 Å². The van der Waals surface area contributed by atoms with Gasteiger partial charge in [-0.15, -0.1) is 0 Å². The van der Waals surface area contributed by atoms with Gasteiger partial charge in [0, 0.05) is 78.7 Å². The van der Waals surface area contributed by atoms with E-state index in [1.54, 1.807) is 0 Å². The summed E-state index contributed by atoms with van der Waals surface area (Å²) in [5, 5.41) is 8.17. The van der Waals surface area contributed by atoms with Crippen molar-refractivity contribution in [2.24, 2.45) is 0 Å². The van der Waals surface area contributed by atoms with Crippen molar-refractivity contribution in [3.63, 3.8) is 0 Å². The van der Waals surface area contributed by atoms with E-state index < -0.39 is 0 Å². The van der Waals surface area contributed by atoms with Crippen molar-refractivity contribution in [3.8, 4) is 16.9 Å². The number of pyridine rings is 2. The van der Waals surface area contributed by atoms with Gasteiger partial charge in [-0.3, -0.25) is 9.59 Å². The Bertz CT molecular complexity index is 1620. The number of piperazine rings is 1. The molecule has 0 bridgehead atoms. The van der Waals surface area contributed by atoms with Crippen LogP contribution in [0.2, 0.25) is 0 Å². The van der Waals surface area contributed by atoms with Crippen molar-refractivity contribution in [1.29, 1.82) is 0 Å². The molecule has 4 aromatic rings. The first-order valence-electron chi connectivity index (χ1n) is 13.5. The first kappa shape index (κ1) is 25.1. The van der Waals surface area contributed by atoms with Crippen molar-refractivity contribution in [3.05, 3.63) is 87.5 Å². The van der Waals surface area contributed by atoms with E-state index in [1.807, 2.05) is 61.7 Å². The highest BCUT2D eigenvalue weighted by molar-refractivity contribution is 5.97. The molecule has 8 heteroatoms. The number of amides is 1. The topological polar surface area (TPSA) is 99.4 Å². The molecule has 39 heavy (non-hydrogen) atoms. The third-order valence-corrected chi connectivity index (χ3v) is 7.58. The van der Waals surface area contributed by atoms with Crippen molar-refractivity contribution >= 4 is 22.5 Å². The van der Waals surface area contributed by atoms with Crippen molar-refractivity contribution < 1.29 is 9.53 Å². The Labute approximate surface area is 227 Å². The Morgan fingerprint density at radius 3 is 2.62 bits per heavy atom. The highest BCUT2D eigenvalue weighted by Gasteiger charge is 2.33. The van der Waals surface area contributed by atoms with Crippen LogP contribution in [0.4, 0.5) is 5.82 Å². The fourth-order valence-electron chi connectivity index (χ4n) is 5.64. The predicted molar refractivity (Wildman–Crippen MR) is 154 cm³/mol. The number of aryl methyl sites for hydroxylation is 1. The van der Waals surface area contributed by atoms with E-state index in [4.69, 9.17) is 9.72 Å². The maximum Gasteiger partial charge on any atom is 0.253 e. The largest absolute Gasteiger partial charge is 0.487 e. The summed E-state index contributed by atoms with van der Waals surface area (Å²) in [6.07, 6.45) is 2.56. The van der Waals surface area contributed by atoms with E-state index in [1.165, 1.54) is 0 Å². The number of rotatable bonds is 5. The molecule has 2 aliphatic heterocycles. The monoisotopic (exact) mass is 523 g/mol. The molecule has 0 saturated carbocycles. The second-order valence-electron chi connectivity index (χ2n) is 11.0. The van der Waals surface area contributed by atoms with Crippen LogP contribution in [0.15, 0.2) is 59.5 Å². The number of nitrogens with zero attached hydrogens (tertiary/aromatic N) is 2. The molecule has 2 aliphatic rings. The molecule has 2 aromatic carbocycles. The Kier molecular flexibility index (Phi) is 6.35. The lowest BCUT2D eigenvalue weighted by Gasteiger charge is -2.28. The van der Waals surface area contributed by atoms with Crippen molar-refractivity contribution in [1.82, 2.24) is 20.6 Å². The number of H-pyrrole nitrogens is 1. The van der Waals surface area contributed by atoms with Crippen molar-refractivity contribution in [2.75, 3.05) is 31.1 Å². The van der Waals surface area contributed by atoms with Crippen LogP contribution in [0.25, 0.3) is 21.9 Å². The standard InChI is InChI=1S/C31H33N5O3/c1-19-23-6-4-5-7-24(23)26(30(38)35-19)18-34-29(37)21-14-22-16-31(2,3)39-28(22)25(15-21)20-8-9-27(33-17-20)36-12-10-32-11-13-36/h4-9,14-15,17,32H,10-13,16,18H2,1-3H3,(H,34,37)(H,35,38). The molecule has 3 N–H and O–H groups in total. The molecule has 8 nitrogen and oxygen atoms in total. The first-order chi connectivity index (χ1) is 18.8. The third-order valence-electron chi connectivity index (χ3n) is 7.58. The van der Waals surface area contributed by atoms with Gasteiger partial charge in [-0.2, -0.15) is 0 Å². The van der Waals surface area contributed by atoms with E-state index in [-0.39, 0.29) is 23.6 Å². The fourth-order valence-corrected chi connectivity index (χ4v) is 5.64. The highest BCUT2D eigenvalue weighted by atomic mass is 16.5. The normalized spacial score (nSPS) is 16.1. The van der Waals surface area contributed by atoms with Gasteiger partial charge in [-0.1, -0.05) is 24.3 Å². The lowest BCUT2D eigenvalue weighted by Crippen LogP contribution is -2.43. The number of aromatic amines is 1. The molecule has 4 heterocycles. The molecular weight excluding hydrogens is 490 g/mol. The molecule has 6 rings (SSSR count). The lowest BCUT2D eigenvalue weighted by atomic mass is 9.95. The minimum atomic E-state index is -0.367. The molecule has 0 atom stereocenters. The number of carbonyl (C=O) groups excluding carboxylic acids is 1. The quantitative estimate of drug-likeness (QED) is 0.366. The second kappa shape index (κ2) is 9.85. The number of nitrogens with one attached hydrogen (secondary N) is 3. The minimum absolute atomic E-state index is 0.129. The molecule has 0 aliphatic carbocycles. The van der Waals surface area contributed by atoms with E-state index in [2.05, 4.69) is 34.4 Å². The average Bonchev–Trinajstić information content (AvgIpc) is 3.26. The van der Waals surface area contributed by atoms with Crippen molar-refractivity contribution in [2.45, 2.75) is 39.3 Å². The Balaban J connectivity index is 1.31. The summed E-state index contributed by atoms with van der Waals surface area (Å²) >= 11 is 0. The maximum absolute atomic E-state index is 13.4. The van der Waals surface area contributed by atoms with Gasteiger partial charge in [-0.25, -0.2) is 4.98 Å². The number of hydrogen-bond acceptors (Lipinski definition) is 6. The summed E-state index contributed by atoms with van der Waals surface area (Å²) < 4.78 is 6.34. The molecule has 0 radical (unpaired) electrons. The van der Waals surface area contributed by atoms with Crippen LogP contribution in [0.1, 0.15) is 41.0 Å². The van der Waals surface area contributed by atoms with Gasteiger partial charge in [0.25, 0.3) is 11.5 Å². The SMILES string of the molecule is Cc1[nH]c(=O)c(CNC(=O)c2cc3c(c(-c4ccc(N5CCNCC5)nc4)c2)OC(C)(C)C3)c2ccccc12. The number of carbonyl (C=O) groups is 1. The van der Waals surface area contributed by atoms with Crippen LogP contribution in [-0.4, -0.2) is 47.7 Å². The zero-order valence-corrected chi connectivity index (χ0v) is 22.6. The number of aromatic nitrogens is 2.